The van der Waals surface area contributed by atoms with Crippen LogP contribution >= 0.6 is 0 Å². The number of carbonyl (C=O) groups is 2. The highest BCUT2D eigenvalue weighted by Gasteiger charge is 2.28. The molecule has 0 bridgehead atoms. The van der Waals surface area contributed by atoms with Gasteiger partial charge in [-0.25, -0.2) is 0 Å². The summed E-state index contributed by atoms with van der Waals surface area (Å²) in [5.74, 6) is 0.409. The largest absolute Gasteiger partial charge is 0.497 e. The molecule has 4 heteroatoms. The van der Waals surface area contributed by atoms with E-state index >= 15 is 0 Å². The van der Waals surface area contributed by atoms with Gasteiger partial charge in [0.2, 0.25) is 0 Å². The molecule has 0 saturated carbocycles. The van der Waals surface area contributed by atoms with Crippen LogP contribution in [0.15, 0.2) is 72.8 Å². The fourth-order valence-electron chi connectivity index (χ4n) is 3.28. The summed E-state index contributed by atoms with van der Waals surface area (Å²) in [5, 5.41) is 0. The lowest BCUT2D eigenvalue weighted by Crippen LogP contribution is -2.22. The number of anilines is 3. The second-order valence-corrected chi connectivity index (χ2v) is 6.09. The number of ether oxygens (including phenoxy) is 1. The Morgan fingerprint density at radius 1 is 0.731 bits per heavy atom. The second-order valence-electron chi connectivity index (χ2n) is 6.09. The Labute approximate surface area is 151 Å². The molecular formula is C22H17NO3. The molecule has 0 atom stereocenters. The fourth-order valence-corrected chi connectivity index (χ4v) is 3.28. The van der Waals surface area contributed by atoms with E-state index in [4.69, 9.17) is 4.74 Å². The highest BCUT2D eigenvalue weighted by Crippen LogP contribution is 2.41. The van der Waals surface area contributed by atoms with Gasteiger partial charge in [0.25, 0.3) is 0 Å². The van der Waals surface area contributed by atoms with E-state index in [0.717, 1.165) is 22.8 Å². The third-order valence-corrected chi connectivity index (χ3v) is 4.54. The normalized spacial score (nSPS) is 13.5. The molecule has 3 aromatic rings. The Bertz CT molecular complexity index is 935. The van der Waals surface area contributed by atoms with E-state index < -0.39 is 0 Å². The maximum absolute atomic E-state index is 12.7. The number of para-hydroxylation sites is 2. The van der Waals surface area contributed by atoms with Gasteiger partial charge in [-0.3, -0.25) is 9.59 Å². The van der Waals surface area contributed by atoms with Crippen LogP contribution in [-0.2, 0) is 0 Å². The van der Waals surface area contributed by atoms with Crippen molar-refractivity contribution in [2.45, 2.75) is 6.42 Å². The molecule has 4 nitrogen and oxygen atoms in total. The van der Waals surface area contributed by atoms with E-state index in [2.05, 4.69) is 0 Å². The van der Waals surface area contributed by atoms with Crippen LogP contribution < -0.4 is 9.64 Å². The first-order valence-corrected chi connectivity index (χ1v) is 8.37. The van der Waals surface area contributed by atoms with Gasteiger partial charge in [0.1, 0.15) is 5.75 Å². The van der Waals surface area contributed by atoms with Gasteiger partial charge in [0.15, 0.2) is 11.6 Å². The maximum atomic E-state index is 12.7. The molecule has 0 saturated heterocycles. The van der Waals surface area contributed by atoms with Crippen LogP contribution in [0.5, 0.6) is 5.75 Å². The highest BCUT2D eigenvalue weighted by molar-refractivity contribution is 6.19. The van der Waals surface area contributed by atoms with Crippen LogP contribution in [0.3, 0.4) is 0 Å². The number of carbonyl (C=O) groups excluding carboxylic acids is 2. The number of ketones is 2. The monoisotopic (exact) mass is 343 g/mol. The zero-order chi connectivity index (χ0) is 18.1. The van der Waals surface area contributed by atoms with Crippen LogP contribution in [0.1, 0.15) is 27.1 Å². The highest BCUT2D eigenvalue weighted by atomic mass is 16.5. The van der Waals surface area contributed by atoms with Crippen LogP contribution in [0.2, 0.25) is 0 Å². The predicted molar refractivity (Wildman–Crippen MR) is 101 cm³/mol. The molecule has 0 aromatic heterocycles. The number of hydrogen-bond donors (Lipinski definition) is 0. The van der Waals surface area contributed by atoms with Gasteiger partial charge in [-0.1, -0.05) is 24.3 Å². The molecule has 0 aliphatic carbocycles. The smallest absolute Gasteiger partial charge is 0.172 e. The SMILES string of the molecule is COc1ccc(N2c3ccccc3C(=O)CC(=O)c3ccccc32)cc1. The Balaban J connectivity index is 2.00. The van der Waals surface area contributed by atoms with E-state index in [1.54, 1.807) is 19.2 Å². The molecule has 3 aromatic carbocycles. The summed E-state index contributed by atoms with van der Waals surface area (Å²) in [6, 6.07) is 22.4. The number of benzene rings is 3. The number of methoxy groups -OCH3 is 1. The lowest BCUT2D eigenvalue weighted by Gasteiger charge is -2.30. The Kier molecular flexibility index (Phi) is 4.01. The van der Waals surface area contributed by atoms with Gasteiger partial charge in [0, 0.05) is 16.8 Å². The average molecular weight is 343 g/mol. The molecule has 1 aliphatic heterocycles. The Morgan fingerprint density at radius 3 is 1.73 bits per heavy atom. The first-order chi connectivity index (χ1) is 12.7. The number of hydrogen-bond acceptors (Lipinski definition) is 4. The van der Waals surface area contributed by atoms with Crippen molar-refractivity contribution in [3.8, 4) is 5.75 Å². The van der Waals surface area contributed by atoms with E-state index in [-0.39, 0.29) is 18.0 Å². The van der Waals surface area contributed by atoms with Crippen molar-refractivity contribution < 1.29 is 14.3 Å². The molecule has 0 amide bonds. The summed E-state index contributed by atoms with van der Waals surface area (Å²) >= 11 is 0. The van der Waals surface area contributed by atoms with Gasteiger partial charge >= 0.3 is 0 Å². The molecule has 0 N–H and O–H groups in total. The van der Waals surface area contributed by atoms with Crippen LogP contribution in [0.25, 0.3) is 0 Å². The Hall–Kier alpha value is -3.40. The molecule has 1 heterocycles. The molecule has 4 rings (SSSR count). The number of fused-ring (bicyclic) bond motifs is 2. The van der Waals surface area contributed by atoms with E-state index in [1.807, 2.05) is 65.6 Å². The summed E-state index contributed by atoms with van der Waals surface area (Å²) in [6.07, 6.45) is -0.121. The van der Waals surface area contributed by atoms with Gasteiger partial charge in [-0.15, -0.1) is 0 Å². The molecule has 0 spiro atoms. The zero-order valence-corrected chi connectivity index (χ0v) is 14.3. The third kappa shape index (κ3) is 2.65. The summed E-state index contributed by atoms with van der Waals surface area (Å²) in [5.41, 5.74) is 3.48. The fraction of sp³-hybridized carbons (Fsp3) is 0.0909. The minimum atomic E-state index is -0.168. The molecular weight excluding hydrogens is 326 g/mol. The quantitative estimate of drug-likeness (QED) is 0.619. The number of nitrogens with zero attached hydrogens (tertiary/aromatic N) is 1. The van der Waals surface area contributed by atoms with Crippen molar-refractivity contribution in [2.75, 3.05) is 12.0 Å². The maximum Gasteiger partial charge on any atom is 0.172 e. The van der Waals surface area contributed by atoms with Crippen LogP contribution in [-0.4, -0.2) is 18.7 Å². The Morgan fingerprint density at radius 2 is 1.23 bits per heavy atom. The van der Waals surface area contributed by atoms with Crippen molar-refractivity contribution in [1.82, 2.24) is 0 Å². The molecule has 1 aliphatic rings. The summed E-state index contributed by atoms with van der Waals surface area (Å²) in [6.45, 7) is 0. The van der Waals surface area contributed by atoms with E-state index in [9.17, 15) is 9.59 Å². The predicted octanol–water partition coefficient (Wildman–Crippen LogP) is 4.93. The van der Waals surface area contributed by atoms with Gasteiger partial charge in [0.05, 0.1) is 24.9 Å². The first kappa shape index (κ1) is 16.1. The zero-order valence-electron chi connectivity index (χ0n) is 14.3. The number of rotatable bonds is 2. The van der Waals surface area contributed by atoms with Crippen molar-refractivity contribution in [2.24, 2.45) is 0 Å². The van der Waals surface area contributed by atoms with Gasteiger partial charge in [-0.05, 0) is 48.5 Å². The molecule has 128 valence electrons. The summed E-state index contributed by atoms with van der Waals surface area (Å²) in [7, 11) is 1.62. The van der Waals surface area contributed by atoms with E-state index in [1.165, 1.54) is 0 Å². The molecule has 0 radical (unpaired) electrons. The first-order valence-electron chi connectivity index (χ1n) is 8.37. The lowest BCUT2D eigenvalue weighted by molar-refractivity contribution is 0.0894. The molecule has 0 fully saturated rings. The third-order valence-electron chi connectivity index (χ3n) is 4.54. The topological polar surface area (TPSA) is 46.6 Å². The average Bonchev–Trinajstić information content (AvgIpc) is 2.68. The van der Waals surface area contributed by atoms with Crippen molar-refractivity contribution in [1.29, 1.82) is 0 Å². The lowest BCUT2D eigenvalue weighted by atomic mass is 9.94. The van der Waals surface area contributed by atoms with Crippen LogP contribution in [0, 0.1) is 0 Å². The minimum Gasteiger partial charge on any atom is -0.497 e. The summed E-state index contributed by atoms with van der Waals surface area (Å²) < 4.78 is 5.25. The standard InChI is InChI=1S/C22H17NO3/c1-26-16-12-10-15(11-13-16)23-19-8-4-2-6-17(19)21(24)14-22(25)18-7-3-5-9-20(18)23/h2-13H,14H2,1H3. The van der Waals surface area contributed by atoms with Crippen molar-refractivity contribution >= 4 is 28.6 Å². The van der Waals surface area contributed by atoms with E-state index in [0.29, 0.717) is 11.1 Å². The second kappa shape index (κ2) is 6.48. The van der Waals surface area contributed by atoms with Crippen LogP contribution in [0.4, 0.5) is 17.1 Å². The summed E-state index contributed by atoms with van der Waals surface area (Å²) in [4.78, 5) is 27.3. The number of Topliss-reactive ketones (excluding diaryl/α,β-unsaturated/α-hetero) is 2. The minimum absolute atomic E-state index is 0.121. The van der Waals surface area contributed by atoms with Crippen molar-refractivity contribution in [3.05, 3.63) is 83.9 Å². The molecule has 0 unspecified atom stereocenters. The van der Waals surface area contributed by atoms with Gasteiger partial charge < -0.3 is 9.64 Å². The van der Waals surface area contributed by atoms with Gasteiger partial charge in [-0.2, -0.15) is 0 Å². The molecule has 26 heavy (non-hydrogen) atoms. The van der Waals surface area contributed by atoms with Crippen molar-refractivity contribution in [3.63, 3.8) is 0 Å².